The van der Waals surface area contributed by atoms with Gasteiger partial charge in [-0.15, -0.1) is 0 Å². The van der Waals surface area contributed by atoms with Gasteiger partial charge in [-0.3, -0.25) is 0 Å². The highest BCUT2D eigenvalue weighted by atomic mass is 32.2. The van der Waals surface area contributed by atoms with Crippen molar-refractivity contribution in [1.29, 1.82) is 0 Å². The molecule has 1 aliphatic rings. The lowest BCUT2D eigenvalue weighted by atomic mass is 9.78. The molecule has 0 amide bonds. The molecule has 1 saturated heterocycles. The second kappa shape index (κ2) is 5.14. The fourth-order valence-electron chi connectivity index (χ4n) is 2.92. The molecule has 0 aromatic heterocycles. The molecule has 2 rings (SSSR count). The Morgan fingerprint density at radius 1 is 1.22 bits per heavy atom. The molecule has 2 N–H and O–H groups in total. The van der Waals surface area contributed by atoms with Crippen LogP contribution in [0.2, 0.25) is 0 Å². The molecule has 1 aromatic carbocycles. The van der Waals surface area contributed by atoms with Crippen molar-refractivity contribution in [1.82, 2.24) is 0 Å². The predicted molar refractivity (Wildman–Crippen MR) is 82.4 cm³/mol. The Hall–Kier alpha value is -0.670. The monoisotopic (exact) mass is 264 g/mol. The number of hydrogen-bond donors (Lipinski definition) is 1. The Labute approximate surface area is 115 Å². The number of thioether (sulfide) groups is 1. The fraction of sp³-hybridized carbons (Fsp3) is 0.600. The fourth-order valence-corrected chi connectivity index (χ4v) is 4.47. The Balaban J connectivity index is 2.27. The third-order valence-electron chi connectivity index (χ3n) is 3.91. The average molecular weight is 264 g/mol. The van der Waals surface area contributed by atoms with Crippen LogP contribution in [0.5, 0.6) is 0 Å². The summed E-state index contributed by atoms with van der Waals surface area (Å²) in [6.45, 7) is 5.42. The SMILES string of the molecule is CN(c1ccccc1)C1(CN)CSCC(C)(C)C1. The van der Waals surface area contributed by atoms with Gasteiger partial charge in [0.1, 0.15) is 0 Å². The van der Waals surface area contributed by atoms with Crippen LogP contribution >= 0.6 is 11.8 Å². The van der Waals surface area contributed by atoms with Gasteiger partial charge < -0.3 is 10.6 Å². The normalized spacial score (nSPS) is 26.9. The average Bonchev–Trinajstić information content (AvgIpc) is 2.37. The van der Waals surface area contributed by atoms with Crippen LogP contribution in [-0.4, -0.2) is 30.6 Å². The molecule has 0 saturated carbocycles. The van der Waals surface area contributed by atoms with E-state index in [9.17, 15) is 0 Å². The predicted octanol–water partition coefficient (Wildman–Crippen LogP) is 2.98. The van der Waals surface area contributed by atoms with E-state index in [2.05, 4.69) is 56.1 Å². The molecule has 1 atom stereocenters. The number of nitrogens with zero attached hydrogens (tertiary/aromatic N) is 1. The zero-order valence-electron chi connectivity index (χ0n) is 11.6. The summed E-state index contributed by atoms with van der Waals surface area (Å²) in [6, 6.07) is 10.6. The molecule has 3 heteroatoms. The lowest BCUT2D eigenvalue weighted by molar-refractivity contribution is 0.266. The van der Waals surface area contributed by atoms with Gasteiger partial charge in [0.05, 0.1) is 5.54 Å². The van der Waals surface area contributed by atoms with Crippen LogP contribution < -0.4 is 10.6 Å². The number of rotatable bonds is 3. The molecular formula is C15H24N2S. The minimum atomic E-state index is 0.0910. The highest BCUT2D eigenvalue weighted by molar-refractivity contribution is 7.99. The first kappa shape index (κ1) is 13.8. The number of hydrogen-bond acceptors (Lipinski definition) is 3. The maximum absolute atomic E-state index is 6.14. The lowest BCUT2D eigenvalue weighted by Gasteiger charge is -2.50. The molecule has 1 unspecified atom stereocenters. The number of para-hydroxylation sites is 1. The van der Waals surface area contributed by atoms with E-state index in [0.717, 1.165) is 18.7 Å². The Morgan fingerprint density at radius 3 is 2.44 bits per heavy atom. The highest BCUT2D eigenvalue weighted by Crippen LogP contribution is 2.42. The van der Waals surface area contributed by atoms with Crippen molar-refractivity contribution in [2.45, 2.75) is 25.8 Å². The summed E-state index contributed by atoms with van der Waals surface area (Å²) in [4.78, 5) is 2.39. The van der Waals surface area contributed by atoms with E-state index in [-0.39, 0.29) is 5.54 Å². The van der Waals surface area contributed by atoms with Gasteiger partial charge >= 0.3 is 0 Å². The zero-order chi connectivity index (χ0) is 13.2. The summed E-state index contributed by atoms with van der Waals surface area (Å²) in [6.07, 6.45) is 1.16. The molecule has 1 fully saturated rings. The van der Waals surface area contributed by atoms with Crippen LogP contribution in [0.4, 0.5) is 5.69 Å². The summed E-state index contributed by atoms with van der Waals surface area (Å²) in [7, 11) is 2.18. The van der Waals surface area contributed by atoms with E-state index >= 15 is 0 Å². The Kier molecular flexibility index (Phi) is 3.93. The minimum Gasteiger partial charge on any atom is -0.367 e. The second-order valence-electron chi connectivity index (χ2n) is 6.16. The standard InChI is InChI=1S/C15H24N2S/c1-14(2)9-15(10-16,12-18-11-14)17(3)13-7-5-4-6-8-13/h4-8H,9-12,16H2,1-3H3. The molecule has 1 heterocycles. The molecular weight excluding hydrogens is 240 g/mol. The van der Waals surface area contributed by atoms with Gasteiger partial charge in [-0.1, -0.05) is 32.0 Å². The van der Waals surface area contributed by atoms with E-state index in [1.807, 2.05) is 11.8 Å². The first-order chi connectivity index (χ1) is 8.49. The van der Waals surface area contributed by atoms with Gasteiger partial charge in [-0.2, -0.15) is 11.8 Å². The molecule has 1 aromatic rings. The Bertz CT molecular complexity index is 391. The molecule has 100 valence electrons. The summed E-state index contributed by atoms with van der Waals surface area (Å²) >= 11 is 2.03. The van der Waals surface area contributed by atoms with Crippen molar-refractivity contribution in [3.8, 4) is 0 Å². The first-order valence-electron chi connectivity index (χ1n) is 6.56. The van der Waals surface area contributed by atoms with E-state index in [4.69, 9.17) is 5.73 Å². The number of likely N-dealkylation sites (N-methyl/N-ethyl adjacent to an activating group) is 1. The number of benzene rings is 1. The Morgan fingerprint density at radius 2 is 1.89 bits per heavy atom. The first-order valence-corrected chi connectivity index (χ1v) is 7.71. The largest absolute Gasteiger partial charge is 0.367 e. The number of nitrogens with two attached hydrogens (primary N) is 1. The third-order valence-corrected chi connectivity index (χ3v) is 5.63. The van der Waals surface area contributed by atoms with Gasteiger partial charge in [0.25, 0.3) is 0 Å². The van der Waals surface area contributed by atoms with Crippen molar-refractivity contribution in [3.63, 3.8) is 0 Å². The summed E-state index contributed by atoms with van der Waals surface area (Å²) in [5.74, 6) is 2.36. The second-order valence-corrected chi connectivity index (χ2v) is 7.14. The summed E-state index contributed by atoms with van der Waals surface area (Å²) in [5, 5.41) is 0. The molecule has 0 spiro atoms. The van der Waals surface area contributed by atoms with Gasteiger partial charge in [0.15, 0.2) is 0 Å². The molecule has 2 nitrogen and oxygen atoms in total. The van der Waals surface area contributed by atoms with E-state index < -0.39 is 0 Å². The molecule has 0 aliphatic carbocycles. The molecule has 1 aliphatic heterocycles. The zero-order valence-corrected chi connectivity index (χ0v) is 12.5. The minimum absolute atomic E-state index is 0.0910. The van der Waals surface area contributed by atoms with Gasteiger partial charge in [0.2, 0.25) is 0 Å². The topological polar surface area (TPSA) is 29.3 Å². The maximum Gasteiger partial charge on any atom is 0.0616 e. The van der Waals surface area contributed by atoms with Crippen LogP contribution in [0.15, 0.2) is 30.3 Å². The van der Waals surface area contributed by atoms with Crippen molar-refractivity contribution in [2.24, 2.45) is 11.1 Å². The van der Waals surface area contributed by atoms with Gasteiger partial charge in [0, 0.05) is 25.0 Å². The van der Waals surface area contributed by atoms with Gasteiger partial charge in [-0.25, -0.2) is 0 Å². The van der Waals surface area contributed by atoms with E-state index in [1.165, 1.54) is 11.4 Å². The van der Waals surface area contributed by atoms with Gasteiger partial charge in [-0.05, 0) is 29.7 Å². The van der Waals surface area contributed by atoms with Crippen molar-refractivity contribution in [2.75, 3.05) is 30.0 Å². The van der Waals surface area contributed by atoms with Crippen LogP contribution in [0.1, 0.15) is 20.3 Å². The number of anilines is 1. The summed E-state index contributed by atoms with van der Waals surface area (Å²) < 4.78 is 0. The molecule has 0 radical (unpaired) electrons. The smallest absolute Gasteiger partial charge is 0.0616 e. The molecule has 18 heavy (non-hydrogen) atoms. The quantitative estimate of drug-likeness (QED) is 0.910. The van der Waals surface area contributed by atoms with Crippen molar-refractivity contribution < 1.29 is 0 Å². The van der Waals surface area contributed by atoms with Crippen LogP contribution in [0.3, 0.4) is 0 Å². The summed E-state index contributed by atoms with van der Waals surface area (Å²) in [5.41, 5.74) is 7.87. The maximum atomic E-state index is 6.14. The van der Waals surface area contributed by atoms with E-state index in [1.54, 1.807) is 0 Å². The van der Waals surface area contributed by atoms with Crippen LogP contribution in [0.25, 0.3) is 0 Å². The molecule has 0 bridgehead atoms. The van der Waals surface area contributed by atoms with Crippen molar-refractivity contribution in [3.05, 3.63) is 30.3 Å². The van der Waals surface area contributed by atoms with Crippen molar-refractivity contribution >= 4 is 17.4 Å². The lowest BCUT2D eigenvalue weighted by Crippen LogP contribution is -2.59. The van der Waals surface area contributed by atoms with Crippen LogP contribution in [-0.2, 0) is 0 Å². The third kappa shape index (κ3) is 2.67. The van der Waals surface area contributed by atoms with Crippen LogP contribution in [0, 0.1) is 5.41 Å². The van der Waals surface area contributed by atoms with E-state index in [0.29, 0.717) is 5.41 Å². The highest BCUT2D eigenvalue weighted by Gasteiger charge is 2.42.